The van der Waals surface area contributed by atoms with Gasteiger partial charge in [-0.3, -0.25) is 0 Å². The molecular formula is C16H35N. The molecule has 2 atom stereocenters. The highest BCUT2D eigenvalue weighted by atomic mass is 14.9. The normalized spacial score (nSPS) is 16.8. The van der Waals surface area contributed by atoms with Crippen molar-refractivity contribution in [2.45, 2.75) is 79.6 Å². The van der Waals surface area contributed by atoms with E-state index in [1.54, 1.807) is 0 Å². The number of unbranched alkanes of at least 4 members (excludes halogenated alkanes) is 1. The van der Waals surface area contributed by atoms with Crippen molar-refractivity contribution in [2.75, 3.05) is 13.1 Å². The van der Waals surface area contributed by atoms with Crippen molar-refractivity contribution in [1.82, 2.24) is 5.32 Å². The zero-order valence-corrected chi connectivity index (χ0v) is 12.9. The van der Waals surface area contributed by atoms with Gasteiger partial charge in [-0.2, -0.15) is 0 Å². The van der Waals surface area contributed by atoms with Crippen molar-refractivity contribution in [3.8, 4) is 0 Å². The molecule has 0 radical (unpaired) electrons. The number of hydrogen-bond donors (Lipinski definition) is 1. The van der Waals surface area contributed by atoms with Gasteiger partial charge in [-0.25, -0.2) is 0 Å². The Morgan fingerprint density at radius 2 is 1.71 bits per heavy atom. The first kappa shape index (κ1) is 17.0. The van der Waals surface area contributed by atoms with Crippen LogP contribution in [0.5, 0.6) is 0 Å². The molecule has 0 aromatic carbocycles. The molecule has 0 bridgehead atoms. The van der Waals surface area contributed by atoms with E-state index in [0.717, 1.165) is 5.92 Å². The van der Waals surface area contributed by atoms with Gasteiger partial charge in [-0.15, -0.1) is 0 Å². The first-order valence-electron chi connectivity index (χ1n) is 7.87. The summed E-state index contributed by atoms with van der Waals surface area (Å²) >= 11 is 0. The number of hydrogen-bond acceptors (Lipinski definition) is 1. The predicted octanol–water partition coefficient (Wildman–Crippen LogP) is 5.01. The van der Waals surface area contributed by atoms with Crippen LogP contribution in [0.3, 0.4) is 0 Å². The van der Waals surface area contributed by atoms with E-state index in [0.29, 0.717) is 5.41 Å². The third-order valence-corrected chi connectivity index (χ3v) is 4.40. The van der Waals surface area contributed by atoms with Crippen LogP contribution in [-0.2, 0) is 0 Å². The van der Waals surface area contributed by atoms with Crippen molar-refractivity contribution in [2.24, 2.45) is 11.3 Å². The van der Waals surface area contributed by atoms with Gasteiger partial charge in [0.1, 0.15) is 0 Å². The van der Waals surface area contributed by atoms with Crippen LogP contribution in [-0.4, -0.2) is 13.1 Å². The molecule has 0 saturated heterocycles. The second kappa shape index (κ2) is 9.94. The van der Waals surface area contributed by atoms with E-state index in [1.165, 1.54) is 58.0 Å². The topological polar surface area (TPSA) is 12.0 Å². The van der Waals surface area contributed by atoms with E-state index in [1.807, 2.05) is 0 Å². The lowest BCUT2D eigenvalue weighted by atomic mass is 9.69. The Morgan fingerprint density at radius 1 is 1.00 bits per heavy atom. The molecule has 0 aliphatic heterocycles. The van der Waals surface area contributed by atoms with Gasteiger partial charge in [-0.05, 0) is 37.1 Å². The molecule has 1 heteroatoms. The summed E-state index contributed by atoms with van der Waals surface area (Å²) in [4.78, 5) is 0. The molecule has 0 aromatic heterocycles. The average molecular weight is 241 g/mol. The van der Waals surface area contributed by atoms with Gasteiger partial charge >= 0.3 is 0 Å². The Labute approximate surface area is 110 Å². The SMILES string of the molecule is CCCCC(CC)(CNCCC)C(C)CCC. The summed E-state index contributed by atoms with van der Waals surface area (Å²) in [5.74, 6) is 0.855. The molecule has 0 aliphatic carbocycles. The Hall–Kier alpha value is -0.0400. The standard InChI is InChI=1S/C16H35N/c1-6-10-12-16(9-4,14-17-13-8-3)15(5)11-7-2/h15,17H,6-14H2,1-5H3. The second-order valence-electron chi connectivity index (χ2n) is 5.69. The fraction of sp³-hybridized carbons (Fsp3) is 1.00. The Balaban J connectivity index is 4.48. The average Bonchev–Trinajstić information content (AvgIpc) is 2.34. The van der Waals surface area contributed by atoms with Gasteiger partial charge in [0.15, 0.2) is 0 Å². The summed E-state index contributed by atoms with van der Waals surface area (Å²) in [6.07, 6.45) is 9.39. The molecular weight excluding hydrogens is 206 g/mol. The van der Waals surface area contributed by atoms with Crippen LogP contribution in [0.1, 0.15) is 79.6 Å². The zero-order chi connectivity index (χ0) is 13.1. The number of nitrogens with one attached hydrogen (secondary N) is 1. The molecule has 0 aliphatic rings. The Bertz CT molecular complexity index is 167. The monoisotopic (exact) mass is 241 g/mol. The number of rotatable bonds is 11. The van der Waals surface area contributed by atoms with Crippen LogP contribution < -0.4 is 5.32 Å². The molecule has 1 N–H and O–H groups in total. The van der Waals surface area contributed by atoms with E-state index >= 15 is 0 Å². The first-order chi connectivity index (χ1) is 8.16. The molecule has 2 unspecified atom stereocenters. The maximum absolute atomic E-state index is 3.68. The van der Waals surface area contributed by atoms with Gasteiger partial charge in [0.05, 0.1) is 0 Å². The molecule has 104 valence electrons. The highest BCUT2D eigenvalue weighted by Crippen LogP contribution is 2.38. The molecule has 0 spiro atoms. The summed E-state index contributed by atoms with van der Waals surface area (Å²) in [7, 11) is 0. The van der Waals surface area contributed by atoms with Crippen molar-refractivity contribution in [1.29, 1.82) is 0 Å². The maximum atomic E-state index is 3.68. The van der Waals surface area contributed by atoms with Crippen molar-refractivity contribution in [3.05, 3.63) is 0 Å². The second-order valence-corrected chi connectivity index (χ2v) is 5.69. The maximum Gasteiger partial charge on any atom is 0.00103 e. The molecule has 0 heterocycles. The van der Waals surface area contributed by atoms with Crippen LogP contribution in [0.15, 0.2) is 0 Å². The van der Waals surface area contributed by atoms with E-state index in [4.69, 9.17) is 0 Å². The fourth-order valence-corrected chi connectivity index (χ4v) is 2.94. The molecule has 0 rings (SSSR count). The highest BCUT2D eigenvalue weighted by Gasteiger charge is 2.32. The van der Waals surface area contributed by atoms with Crippen LogP contribution in [0.4, 0.5) is 0 Å². The first-order valence-corrected chi connectivity index (χ1v) is 7.87. The fourth-order valence-electron chi connectivity index (χ4n) is 2.94. The van der Waals surface area contributed by atoms with Crippen LogP contribution in [0.25, 0.3) is 0 Å². The lowest BCUT2D eigenvalue weighted by molar-refractivity contribution is 0.131. The minimum atomic E-state index is 0.543. The summed E-state index contributed by atoms with van der Waals surface area (Å²) in [5.41, 5.74) is 0.543. The highest BCUT2D eigenvalue weighted by molar-refractivity contribution is 4.85. The molecule has 17 heavy (non-hydrogen) atoms. The van der Waals surface area contributed by atoms with Crippen LogP contribution in [0, 0.1) is 11.3 Å². The van der Waals surface area contributed by atoms with E-state index in [9.17, 15) is 0 Å². The van der Waals surface area contributed by atoms with Crippen molar-refractivity contribution >= 4 is 0 Å². The van der Waals surface area contributed by atoms with Gasteiger partial charge in [-0.1, -0.05) is 60.3 Å². The van der Waals surface area contributed by atoms with Gasteiger partial charge < -0.3 is 5.32 Å². The quantitative estimate of drug-likeness (QED) is 0.501. The van der Waals surface area contributed by atoms with Crippen LogP contribution >= 0.6 is 0 Å². The minimum absolute atomic E-state index is 0.543. The summed E-state index contributed by atoms with van der Waals surface area (Å²) in [5, 5.41) is 3.68. The minimum Gasteiger partial charge on any atom is -0.316 e. The van der Waals surface area contributed by atoms with E-state index in [2.05, 4.69) is 39.9 Å². The largest absolute Gasteiger partial charge is 0.316 e. The molecule has 1 nitrogen and oxygen atoms in total. The molecule has 0 saturated carbocycles. The van der Waals surface area contributed by atoms with E-state index < -0.39 is 0 Å². The van der Waals surface area contributed by atoms with Gasteiger partial charge in [0, 0.05) is 6.54 Å². The van der Waals surface area contributed by atoms with Crippen molar-refractivity contribution in [3.63, 3.8) is 0 Å². The van der Waals surface area contributed by atoms with Gasteiger partial charge in [0.25, 0.3) is 0 Å². The molecule has 0 fully saturated rings. The summed E-state index contributed by atoms with van der Waals surface area (Å²) in [6.45, 7) is 14.1. The smallest absolute Gasteiger partial charge is 0.00103 e. The van der Waals surface area contributed by atoms with E-state index in [-0.39, 0.29) is 0 Å². The zero-order valence-electron chi connectivity index (χ0n) is 12.9. The summed E-state index contributed by atoms with van der Waals surface area (Å²) < 4.78 is 0. The molecule has 0 aromatic rings. The van der Waals surface area contributed by atoms with Crippen molar-refractivity contribution < 1.29 is 0 Å². The lowest BCUT2D eigenvalue weighted by Crippen LogP contribution is -2.39. The molecule has 0 amide bonds. The third-order valence-electron chi connectivity index (χ3n) is 4.40. The third kappa shape index (κ3) is 5.90. The van der Waals surface area contributed by atoms with Gasteiger partial charge in [0.2, 0.25) is 0 Å². The summed E-state index contributed by atoms with van der Waals surface area (Å²) in [6, 6.07) is 0. The van der Waals surface area contributed by atoms with Crippen LogP contribution in [0.2, 0.25) is 0 Å². The Kier molecular flexibility index (Phi) is 9.91. The Morgan fingerprint density at radius 3 is 2.18 bits per heavy atom. The predicted molar refractivity (Wildman–Crippen MR) is 79.5 cm³/mol. The lowest BCUT2D eigenvalue weighted by Gasteiger charge is -2.39.